The van der Waals surface area contributed by atoms with Gasteiger partial charge in [0, 0.05) is 32.0 Å². The lowest BCUT2D eigenvalue weighted by Crippen LogP contribution is -2.29. The molecule has 2 aromatic carbocycles. The van der Waals surface area contributed by atoms with Gasteiger partial charge in [0.2, 0.25) is 11.7 Å². The first kappa shape index (κ1) is 17.0. The summed E-state index contributed by atoms with van der Waals surface area (Å²) in [4.78, 5) is 24.6. The molecular weight excluding hydrogens is 348 g/mol. The Balaban J connectivity index is 1.42. The third kappa shape index (κ3) is 3.46. The molecule has 0 radical (unpaired) electrons. The minimum atomic E-state index is -0.721. The summed E-state index contributed by atoms with van der Waals surface area (Å²) in [5, 5.41) is 11.2. The molecular formula is C19H18N4O4. The van der Waals surface area contributed by atoms with Crippen LogP contribution in [-0.2, 0) is 11.3 Å². The molecule has 3 aromatic rings. The van der Waals surface area contributed by atoms with Gasteiger partial charge in [0.1, 0.15) is 5.52 Å². The molecule has 8 nitrogen and oxygen atoms in total. The number of amides is 1. The number of fused-ring (bicyclic) bond motifs is 2. The number of aryl methyl sites for hydroxylation is 1. The Morgan fingerprint density at radius 2 is 1.93 bits per heavy atom. The molecule has 0 saturated carbocycles. The number of nitrogens with one attached hydrogen (secondary N) is 1. The fraction of sp³-hybridized carbons (Fsp3) is 0.263. The van der Waals surface area contributed by atoms with Crippen LogP contribution >= 0.6 is 0 Å². The molecule has 1 amide bonds. The molecule has 1 aliphatic rings. The van der Waals surface area contributed by atoms with Crippen LogP contribution in [0.2, 0.25) is 0 Å². The molecule has 1 aromatic heterocycles. The van der Waals surface area contributed by atoms with Crippen molar-refractivity contribution in [3.05, 3.63) is 52.8 Å². The van der Waals surface area contributed by atoms with Crippen LogP contribution in [0.3, 0.4) is 0 Å². The second kappa shape index (κ2) is 6.39. The van der Waals surface area contributed by atoms with Gasteiger partial charge in [-0.1, -0.05) is 17.3 Å². The Morgan fingerprint density at radius 3 is 2.78 bits per heavy atom. The summed E-state index contributed by atoms with van der Waals surface area (Å²) < 4.78 is 12.5. The van der Waals surface area contributed by atoms with Crippen LogP contribution in [0.25, 0.3) is 10.9 Å². The number of carbonyl (C=O) groups is 1. The van der Waals surface area contributed by atoms with E-state index in [-0.39, 0.29) is 24.4 Å². The molecule has 1 N–H and O–H groups in total. The average Bonchev–Trinajstić information content (AvgIpc) is 2.94. The molecule has 0 bridgehead atoms. The van der Waals surface area contributed by atoms with Crippen LogP contribution in [0.5, 0.6) is 11.5 Å². The molecule has 1 aliphatic heterocycles. The Labute approximate surface area is 154 Å². The quantitative estimate of drug-likeness (QED) is 0.761. The highest BCUT2D eigenvalue weighted by atomic mass is 16.7. The second-order valence-electron chi connectivity index (χ2n) is 6.70. The maximum absolute atomic E-state index is 12.4. The van der Waals surface area contributed by atoms with Gasteiger partial charge in [0.15, 0.2) is 11.5 Å². The zero-order valence-corrected chi connectivity index (χ0v) is 14.9. The van der Waals surface area contributed by atoms with Gasteiger partial charge in [0.05, 0.1) is 11.9 Å². The lowest BCUT2D eigenvalue weighted by Gasteiger charge is -2.16. The summed E-state index contributed by atoms with van der Waals surface area (Å²) in [7, 11) is 0. The van der Waals surface area contributed by atoms with Crippen molar-refractivity contribution in [3.8, 4) is 11.5 Å². The molecule has 2 heterocycles. The highest BCUT2D eigenvalue weighted by Gasteiger charge is 2.31. The minimum absolute atomic E-state index is 0.0901. The van der Waals surface area contributed by atoms with Crippen LogP contribution in [0.15, 0.2) is 47.3 Å². The van der Waals surface area contributed by atoms with E-state index in [0.717, 1.165) is 0 Å². The number of aromatic nitrogens is 3. The first-order valence-electron chi connectivity index (χ1n) is 8.56. The van der Waals surface area contributed by atoms with Crippen molar-refractivity contribution < 1.29 is 14.3 Å². The van der Waals surface area contributed by atoms with Crippen LogP contribution in [0, 0.1) is 0 Å². The fourth-order valence-corrected chi connectivity index (χ4v) is 2.90. The van der Waals surface area contributed by atoms with Gasteiger partial charge in [-0.25, -0.2) is 4.68 Å². The molecule has 0 atom stereocenters. The molecule has 0 spiro atoms. The number of ether oxygens (including phenoxy) is 2. The number of hydrogen-bond donors (Lipinski definition) is 1. The van der Waals surface area contributed by atoms with Crippen molar-refractivity contribution in [2.75, 3.05) is 5.32 Å². The Morgan fingerprint density at radius 1 is 1.15 bits per heavy atom. The Bertz CT molecular complexity index is 1090. The van der Waals surface area contributed by atoms with E-state index < -0.39 is 5.79 Å². The fourth-order valence-electron chi connectivity index (χ4n) is 2.90. The molecule has 0 saturated heterocycles. The van der Waals surface area contributed by atoms with Crippen LogP contribution in [-0.4, -0.2) is 26.7 Å². The summed E-state index contributed by atoms with van der Waals surface area (Å²) in [6.45, 7) is 3.77. The summed E-state index contributed by atoms with van der Waals surface area (Å²) in [5.41, 5.74) is 0.863. The van der Waals surface area contributed by atoms with Gasteiger partial charge < -0.3 is 14.8 Å². The molecule has 8 heteroatoms. The molecule has 0 aliphatic carbocycles. The van der Waals surface area contributed by atoms with Crippen LogP contribution in [0.4, 0.5) is 5.69 Å². The van der Waals surface area contributed by atoms with E-state index in [1.54, 1.807) is 42.5 Å². The minimum Gasteiger partial charge on any atom is -0.449 e. The maximum atomic E-state index is 12.4. The van der Waals surface area contributed by atoms with E-state index in [4.69, 9.17) is 9.47 Å². The summed E-state index contributed by atoms with van der Waals surface area (Å²) in [6.07, 6.45) is 0.0901. The summed E-state index contributed by atoms with van der Waals surface area (Å²) >= 11 is 0. The predicted octanol–water partition coefficient (Wildman–Crippen LogP) is 2.33. The van der Waals surface area contributed by atoms with Crippen molar-refractivity contribution in [1.29, 1.82) is 0 Å². The lowest BCUT2D eigenvalue weighted by molar-refractivity contribution is -0.116. The average molecular weight is 366 g/mol. The number of rotatable bonds is 4. The number of carbonyl (C=O) groups excluding carboxylic acids is 1. The van der Waals surface area contributed by atoms with Gasteiger partial charge in [-0.15, -0.1) is 5.10 Å². The number of hydrogen-bond acceptors (Lipinski definition) is 6. The van der Waals surface area contributed by atoms with E-state index in [9.17, 15) is 9.59 Å². The Kier molecular flexibility index (Phi) is 4.02. The summed E-state index contributed by atoms with van der Waals surface area (Å²) in [5.74, 6) is 0.251. The number of anilines is 1. The van der Waals surface area contributed by atoms with Crippen molar-refractivity contribution >= 4 is 22.5 Å². The lowest BCUT2D eigenvalue weighted by atomic mass is 10.2. The SMILES string of the molecule is CC1(C)Oc2ccc(NC(=O)CCn3nnc4ccccc4c3=O)cc2O1. The zero-order chi connectivity index (χ0) is 19.0. The second-order valence-corrected chi connectivity index (χ2v) is 6.70. The third-order valence-electron chi connectivity index (χ3n) is 4.12. The van der Waals surface area contributed by atoms with Gasteiger partial charge in [-0.2, -0.15) is 0 Å². The zero-order valence-electron chi connectivity index (χ0n) is 14.9. The Hall–Kier alpha value is -3.42. The number of benzene rings is 2. The molecule has 0 unspecified atom stereocenters. The standard InChI is InChI=1S/C19H18N4O4/c1-19(2)26-15-8-7-12(11-16(15)27-19)20-17(24)9-10-23-18(25)13-5-3-4-6-14(13)21-22-23/h3-8,11H,9-10H2,1-2H3,(H,20,24). The van der Waals surface area contributed by atoms with Crippen molar-refractivity contribution in [2.24, 2.45) is 0 Å². The van der Waals surface area contributed by atoms with Crippen LogP contribution in [0.1, 0.15) is 20.3 Å². The molecule has 4 rings (SSSR count). The van der Waals surface area contributed by atoms with E-state index >= 15 is 0 Å². The topological polar surface area (TPSA) is 95.3 Å². The number of nitrogens with zero attached hydrogens (tertiary/aromatic N) is 3. The maximum Gasteiger partial charge on any atom is 0.277 e. The first-order valence-corrected chi connectivity index (χ1v) is 8.56. The van der Waals surface area contributed by atoms with E-state index in [0.29, 0.717) is 28.1 Å². The van der Waals surface area contributed by atoms with Crippen molar-refractivity contribution in [2.45, 2.75) is 32.6 Å². The third-order valence-corrected chi connectivity index (χ3v) is 4.12. The largest absolute Gasteiger partial charge is 0.449 e. The van der Waals surface area contributed by atoms with Gasteiger partial charge >= 0.3 is 0 Å². The van der Waals surface area contributed by atoms with Gasteiger partial charge in [-0.3, -0.25) is 9.59 Å². The highest BCUT2D eigenvalue weighted by molar-refractivity contribution is 5.91. The van der Waals surface area contributed by atoms with E-state index in [2.05, 4.69) is 15.6 Å². The van der Waals surface area contributed by atoms with Crippen molar-refractivity contribution in [1.82, 2.24) is 15.0 Å². The van der Waals surface area contributed by atoms with Crippen molar-refractivity contribution in [3.63, 3.8) is 0 Å². The molecule has 0 fully saturated rings. The highest BCUT2D eigenvalue weighted by Crippen LogP contribution is 2.40. The van der Waals surface area contributed by atoms with E-state index in [1.807, 2.05) is 13.8 Å². The summed E-state index contributed by atoms with van der Waals surface area (Å²) in [6, 6.07) is 12.2. The predicted molar refractivity (Wildman–Crippen MR) is 98.8 cm³/mol. The molecule has 138 valence electrons. The normalized spacial score (nSPS) is 14.3. The van der Waals surface area contributed by atoms with Gasteiger partial charge in [-0.05, 0) is 24.3 Å². The van der Waals surface area contributed by atoms with E-state index in [1.165, 1.54) is 4.68 Å². The first-order chi connectivity index (χ1) is 12.9. The van der Waals surface area contributed by atoms with Crippen LogP contribution < -0.4 is 20.3 Å². The monoisotopic (exact) mass is 366 g/mol. The molecule has 27 heavy (non-hydrogen) atoms. The van der Waals surface area contributed by atoms with Gasteiger partial charge in [0.25, 0.3) is 5.56 Å². The smallest absolute Gasteiger partial charge is 0.277 e.